The summed E-state index contributed by atoms with van der Waals surface area (Å²) in [6.07, 6.45) is -1.90. The highest BCUT2D eigenvalue weighted by Gasteiger charge is 2.48. The van der Waals surface area contributed by atoms with Gasteiger partial charge in [-0.2, -0.15) is 0 Å². The largest absolute Gasteiger partial charge is 0.394 e. The van der Waals surface area contributed by atoms with Crippen molar-refractivity contribution in [1.82, 2.24) is 106 Å². The maximum absolute atomic E-state index is 14.6. The number of likely N-dealkylation sites (tertiary alicyclic amines) is 1. The first-order chi connectivity index (χ1) is 63.7. The lowest BCUT2D eigenvalue weighted by atomic mass is 9.96. The van der Waals surface area contributed by atoms with E-state index in [4.69, 9.17) is 17.2 Å². The Balaban J connectivity index is 2.20. The number of amides is 23. The monoisotopic (exact) mass is 1970 g/mol. The van der Waals surface area contributed by atoms with Gasteiger partial charge in [-0.25, -0.2) is 0 Å². The summed E-state index contributed by atoms with van der Waals surface area (Å²) in [5.74, 6) is -21.6. The zero-order valence-electron chi connectivity index (χ0n) is 84.5. The third kappa shape index (κ3) is 40.1. The van der Waals surface area contributed by atoms with Crippen molar-refractivity contribution < 1.29 is 120 Å². The molecule has 1 aromatic rings. The summed E-state index contributed by atoms with van der Waals surface area (Å²) in [4.78, 5) is 313. The van der Waals surface area contributed by atoms with E-state index in [-0.39, 0.29) is 56.9 Å². The van der Waals surface area contributed by atoms with Gasteiger partial charge >= 0.3 is 0 Å². The van der Waals surface area contributed by atoms with Crippen LogP contribution in [0.1, 0.15) is 243 Å². The molecule has 48 heteroatoms. The molecule has 23 amide bonds. The quantitative estimate of drug-likeness (QED) is 0.0289. The molecule has 0 aromatic heterocycles. The van der Waals surface area contributed by atoms with Crippen LogP contribution in [0.15, 0.2) is 30.3 Å². The highest BCUT2D eigenvalue weighted by atomic mass is 16.3. The van der Waals surface area contributed by atoms with Crippen molar-refractivity contribution in [2.75, 3.05) is 26.3 Å². The molecule has 0 aliphatic carbocycles. The summed E-state index contributed by atoms with van der Waals surface area (Å²) in [5.41, 5.74) is 2.54. The van der Waals surface area contributed by atoms with E-state index in [1.165, 1.54) is 136 Å². The number of primary amides is 3. The van der Waals surface area contributed by atoms with Gasteiger partial charge in [-0.05, 0) is 199 Å². The van der Waals surface area contributed by atoms with Gasteiger partial charge in [0.05, 0.1) is 25.8 Å². The minimum absolute atomic E-state index is 0.00231. The maximum Gasteiger partial charge on any atom is 0.248 e. The van der Waals surface area contributed by atoms with Crippen molar-refractivity contribution in [2.24, 2.45) is 35.0 Å². The number of nitrogens with two attached hydrogens (primary N) is 3. The predicted molar refractivity (Wildman–Crippen MR) is 505 cm³/mol. The lowest BCUT2D eigenvalue weighted by Gasteiger charge is -2.36. The number of nitrogens with one attached hydrogen (secondary N) is 19. The Morgan fingerprint density at radius 1 is 0.367 bits per heavy atom. The molecule has 1 aliphatic heterocycles. The fraction of sp³-hybridized carbons (Fsp3) is 0.681. The Morgan fingerprint density at radius 3 is 1.17 bits per heavy atom. The van der Waals surface area contributed by atoms with Gasteiger partial charge in [0.2, 0.25) is 136 Å². The number of carbonyl (C=O) groups is 23. The second kappa shape index (κ2) is 52.6. The molecule has 48 nitrogen and oxygen atoms in total. The summed E-state index contributed by atoms with van der Waals surface area (Å²) in [6, 6.07) is -6.28. The molecule has 1 aliphatic rings. The number of hydrogen-bond donors (Lipinski definition) is 24. The molecule has 0 radical (unpaired) electrons. The topological polar surface area (TPSA) is 743 Å². The summed E-state index contributed by atoms with van der Waals surface area (Å²) in [7, 11) is 0. The number of nitrogens with zero attached hydrogens (tertiary/aromatic N) is 1. The number of carbonyl (C=O) groups excluding carboxylic acids is 23. The Bertz CT molecular complexity index is 4640. The van der Waals surface area contributed by atoms with Crippen molar-refractivity contribution >= 4 is 136 Å². The molecule has 139 heavy (non-hydrogen) atoms. The van der Waals surface area contributed by atoms with Crippen LogP contribution in [0.3, 0.4) is 0 Å². The molecule has 1 saturated heterocycles. The minimum atomic E-state index is -1.93. The number of aliphatic hydroxyl groups is 2. The fourth-order valence-electron chi connectivity index (χ4n) is 13.8. The van der Waals surface area contributed by atoms with Crippen LogP contribution in [0.5, 0.6) is 0 Å². The second-order valence-corrected chi connectivity index (χ2v) is 40.4. The standard InChI is InChI=1S/C91H151N23O25/c1-46(2)40-57(72(128)110-91(24,25)83(139)114-39-29-32-60(114)74(130)105-65(48(5)6)75(131)111-90(22,23)82(138)113-87(16,17)79(135)102-55(34-37-62(93)119)69(125)100-54(33-36-61(92)118)68(124)98-53(44-115)42-52-30-27-26-28-31-52)99-64(121)43-95-76(132)84(10,11)109-73(129)58(41-47(3)4)104-78(134)86(14,15)108-71(127)56(35-38-63(94)120)103-80(136)88(18,19)112-81(137)89(20,21)107-67(123)50(8)96-70(126)59(45-116)101-66(122)49(7)97-77(133)85(12,13)106-51(9)117/h26-28,30-31,46-50,53-60,65,115-116H,29,32-45H2,1-25H3,(H2,92,118)(H2,93,119)(H2,94,120)(H,95,132)(H,96,126)(H,97,133)(H,98,124)(H,99,121)(H,100,125)(H,101,122)(H,102,135)(H,103,136)(H,104,134)(H,105,130)(H,106,117)(H,107,123)(H,108,127)(H,109,129)(H,110,128)(H,111,131)(H,112,137)(H,113,138). The van der Waals surface area contributed by atoms with Gasteiger partial charge < -0.3 is 133 Å². The zero-order valence-corrected chi connectivity index (χ0v) is 84.5. The van der Waals surface area contributed by atoms with Gasteiger partial charge in [-0.3, -0.25) is 110 Å². The van der Waals surface area contributed by atoms with Crippen molar-refractivity contribution in [2.45, 2.75) is 354 Å². The lowest BCUT2D eigenvalue weighted by molar-refractivity contribution is -0.146. The maximum atomic E-state index is 14.6. The molecule has 27 N–H and O–H groups in total. The van der Waals surface area contributed by atoms with E-state index in [2.05, 4.69) is 101 Å². The van der Waals surface area contributed by atoms with E-state index in [0.717, 1.165) is 5.56 Å². The van der Waals surface area contributed by atoms with E-state index in [9.17, 15) is 120 Å². The molecule has 1 heterocycles. The predicted octanol–water partition coefficient (Wildman–Crippen LogP) is -6.07. The van der Waals surface area contributed by atoms with Crippen LogP contribution in [0.2, 0.25) is 0 Å². The molecular weight excluding hydrogens is 1820 g/mol. The van der Waals surface area contributed by atoms with E-state index < -0.39 is 298 Å². The summed E-state index contributed by atoms with van der Waals surface area (Å²) in [6.45, 7) is 32.4. The van der Waals surface area contributed by atoms with Gasteiger partial charge in [-0.1, -0.05) is 71.9 Å². The number of hydrogen-bond acceptors (Lipinski definition) is 25. The van der Waals surface area contributed by atoms with Crippen LogP contribution in [0.4, 0.5) is 0 Å². The van der Waals surface area contributed by atoms with Crippen LogP contribution in [-0.4, -0.2) is 288 Å². The van der Waals surface area contributed by atoms with Crippen molar-refractivity contribution in [1.29, 1.82) is 0 Å². The van der Waals surface area contributed by atoms with Crippen molar-refractivity contribution in [3.05, 3.63) is 35.9 Å². The van der Waals surface area contributed by atoms with Crippen LogP contribution >= 0.6 is 0 Å². The third-order valence-corrected chi connectivity index (χ3v) is 22.3. The Kier molecular flexibility index (Phi) is 46.2. The molecule has 0 saturated carbocycles. The molecule has 11 unspecified atom stereocenters. The fourth-order valence-corrected chi connectivity index (χ4v) is 13.8. The molecule has 0 bridgehead atoms. The first-order valence-corrected chi connectivity index (χ1v) is 46.0. The van der Waals surface area contributed by atoms with E-state index >= 15 is 0 Å². The zero-order chi connectivity index (χ0) is 107. The number of benzene rings is 1. The average molecular weight is 1970 g/mol. The van der Waals surface area contributed by atoms with E-state index in [1.807, 2.05) is 0 Å². The Labute approximate surface area is 810 Å². The smallest absolute Gasteiger partial charge is 0.248 e. The highest BCUT2D eigenvalue weighted by molar-refractivity contribution is 6.05. The normalized spacial score (nSPS) is 15.3. The van der Waals surface area contributed by atoms with Gasteiger partial charge in [0.15, 0.2) is 0 Å². The van der Waals surface area contributed by atoms with Crippen molar-refractivity contribution in [3.8, 4) is 0 Å². The molecular formula is C91H151N23O25. The average Bonchev–Trinajstić information content (AvgIpc) is 1.74. The SMILES string of the molecule is CC(=O)NC(C)(C)C(=O)NC(C)C(=O)NC(CO)C(=O)NC(C)C(=O)NC(C)(C)C(=O)NC(C)(C)C(=O)NC(CCC(N)=O)C(=O)NC(C)(C)C(=O)NC(CC(C)C)C(=O)NC(C)(C)C(=O)NCC(=O)NC(CC(C)C)C(=O)NC(C)(C)C(=O)N1CCCC1C(=O)NC(C(=O)NC(C)(C)C(=O)NC(C)(C)C(=O)NC(CCC(N)=O)C(=O)NC(CCC(N)=O)C(=O)NC(CO)Cc1ccccc1)C(C)C. The van der Waals surface area contributed by atoms with Crippen LogP contribution in [0.25, 0.3) is 0 Å². The van der Waals surface area contributed by atoms with Crippen LogP contribution in [0, 0.1) is 17.8 Å². The lowest BCUT2D eigenvalue weighted by Crippen LogP contribution is -2.66. The summed E-state index contributed by atoms with van der Waals surface area (Å²) < 4.78 is 0. The van der Waals surface area contributed by atoms with Crippen molar-refractivity contribution in [3.63, 3.8) is 0 Å². The highest BCUT2D eigenvalue weighted by Crippen LogP contribution is 2.25. The van der Waals surface area contributed by atoms with Gasteiger partial charge in [0, 0.05) is 32.7 Å². The number of rotatable bonds is 56. The van der Waals surface area contributed by atoms with E-state index in [0.29, 0.717) is 6.42 Å². The van der Waals surface area contributed by atoms with Crippen LogP contribution in [-0.2, 0) is 117 Å². The molecule has 1 fully saturated rings. The van der Waals surface area contributed by atoms with Gasteiger partial charge in [-0.15, -0.1) is 0 Å². The number of aliphatic hydroxyl groups excluding tert-OH is 2. The third-order valence-electron chi connectivity index (χ3n) is 22.3. The first kappa shape index (κ1) is 122. The van der Waals surface area contributed by atoms with Gasteiger partial charge in [0.1, 0.15) is 105 Å². The molecule has 0 spiro atoms. The summed E-state index contributed by atoms with van der Waals surface area (Å²) in [5, 5.41) is 67.7. The van der Waals surface area contributed by atoms with Crippen LogP contribution < -0.4 is 118 Å². The Hall–Kier alpha value is -13.1. The molecule has 2 rings (SSSR count). The first-order valence-electron chi connectivity index (χ1n) is 46.0. The minimum Gasteiger partial charge on any atom is -0.394 e. The van der Waals surface area contributed by atoms with Gasteiger partial charge in [0.25, 0.3) is 0 Å². The summed E-state index contributed by atoms with van der Waals surface area (Å²) >= 11 is 0. The molecule has 1 aromatic carbocycles. The Morgan fingerprint density at radius 2 is 0.727 bits per heavy atom. The molecule has 11 atom stereocenters. The van der Waals surface area contributed by atoms with E-state index in [1.54, 1.807) is 71.9 Å². The second-order valence-electron chi connectivity index (χ2n) is 40.4. The molecule has 780 valence electrons.